The second-order valence-corrected chi connectivity index (χ2v) is 9.85. The van der Waals surface area contributed by atoms with Crippen molar-refractivity contribution < 1.29 is 17.9 Å². The number of morpholine rings is 1. The van der Waals surface area contributed by atoms with Gasteiger partial charge in [0, 0.05) is 24.4 Å². The fraction of sp³-hybridized carbons (Fsp3) is 0.450. The number of ether oxygens (including phenoxy) is 1. The number of carbonyl (C=O) groups excluding carboxylic acids is 1. The van der Waals surface area contributed by atoms with E-state index in [9.17, 15) is 13.2 Å². The quantitative estimate of drug-likeness (QED) is 0.664. The lowest BCUT2D eigenvalue weighted by molar-refractivity contribution is -0.139. The summed E-state index contributed by atoms with van der Waals surface area (Å²) in [5.74, 6) is 0.0350. The second kappa shape index (κ2) is 9.65. The van der Waals surface area contributed by atoms with Gasteiger partial charge in [0.05, 0.1) is 13.2 Å². The predicted octanol–water partition coefficient (Wildman–Crippen LogP) is 2.97. The highest BCUT2D eigenvalue weighted by Crippen LogP contribution is 2.23. The molecule has 1 aliphatic rings. The summed E-state index contributed by atoms with van der Waals surface area (Å²) in [5, 5.41) is 0. The van der Waals surface area contributed by atoms with E-state index in [1.807, 2.05) is 48.2 Å². The van der Waals surface area contributed by atoms with E-state index in [0.717, 1.165) is 16.9 Å². The number of amides is 1. The Bertz CT molecular complexity index is 881. The minimum absolute atomic E-state index is 0.0350. The van der Waals surface area contributed by atoms with Crippen molar-refractivity contribution in [1.29, 1.82) is 0 Å². The third kappa shape index (κ3) is 5.41. The Morgan fingerprint density at radius 3 is 2.75 bits per heavy atom. The van der Waals surface area contributed by atoms with Crippen LogP contribution < -0.4 is 4.72 Å². The van der Waals surface area contributed by atoms with Crippen LogP contribution in [0.5, 0.6) is 0 Å². The van der Waals surface area contributed by atoms with Crippen LogP contribution in [0.4, 0.5) is 0 Å². The van der Waals surface area contributed by atoms with Crippen molar-refractivity contribution in [3.63, 3.8) is 0 Å². The third-order valence-corrected chi connectivity index (χ3v) is 7.88. The molecule has 8 heteroatoms. The molecule has 1 amide bonds. The molecule has 0 radical (unpaired) electrons. The maximum Gasteiger partial charge on any atom is 0.250 e. The number of benzene rings is 1. The van der Waals surface area contributed by atoms with Gasteiger partial charge in [0.15, 0.2) is 0 Å². The van der Waals surface area contributed by atoms with Crippen LogP contribution in [0.1, 0.15) is 36.3 Å². The Balaban J connectivity index is 1.45. The van der Waals surface area contributed by atoms with Crippen molar-refractivity contribution in [1.82, 2.24) is 9.62 Å². The minimum atomic E-state index is -3.49. The van der Waals surface area contributed by atoms with Crippen LogP contribution in [0.3, 0.4) is 0 Å². The molecule has 1 atom stereocenters. The maximum atomic E-state index is 12.5. The number of sulfonamides is 1. The molecule has 3 rings (SSSR count). The molecule has 1 aliphatic heterocycles. The zero-order chi connectivity index (χ0) is 20.0. The topological polar surface area (TPSA) is 75.7 Å². The first kappa shape index (κ1) is 21.0. The van der Waals surface area contributed by atoms with Crippen LogP contribution in [-0.4, -0.2) is 45.5 Å². The summed E-state index contributed by atoms with van der Waals surface area (Å²) in [5.41, 5.74) is 1.06. The van der Waals surface area contributed by atoms with Crippen LogP contribution in [0.15, 0.2) is 46.7 Å². The van der Waals surface area contributed by atoms with Crippen molar-refractivity contribution in [2.75, 3.05) is 26.2 Å². The first-order valence-electron chi connectivity index (χ1n) is 9.52. The van der Waals surface area contributed by atoms with Crippen molar-refractivity contribution in [2.45, 2.75) is 36.5 Å². The van der Waals surface area contributed by atoms with Gasteiger partial charge in [0.25, 0.3) is 0 Å². The maximum absolute atomic E-state index is 12.5. The van der Waals surface area contributed by atoms with E-state index in [2.05, 4.69) is 4.72 Å². The predicted molar refractivity (Wildman–Crippen MR) is 110 cm³/mol. The lowest BCUT2D eigenvalue weighted by Gasteiger charge is -2.33. The van der Waals surface area contributed by atoms with E-state index in [1.54, 1.807) is 6.07 Å². The van der Waals surface area contributed by atoms with Gasteiger partial charge in [-0.05, 0) is 30.5 Å². The van der Waals surface area contributed by atoms with Gasteiger partial charge in [-0.25, -0.2) is 13.1 Å². The summed E-state index contributed by atoms with van der Waals surface area (Å²) < 4.78 is 33.3. The van der Waals surface area contributed by atoms with E-state index in [4.69, 9.17) is 4.74 Å². The fourth-order valence-corrected chi connectivity index (χ4v) is 5.53. The molecular formula is C20H26N2O4S2. The van der Waals surface area contributed by atoms with Gasteiger partial charge in [-0.2, -0.15) is 0 Å². The normalized spacial score (nSPS) is 17.6. The van der Waals surface area contributed by atoms with Crippen molar-refractivity contribution in [3.8, 4) is 0 Å². The van der Waals surface area contributed by atoms with E-state index in [-0.39, 0.29) is 18.6 Å². The molecule has 0 spiro atoms. The molecule has 1 fully saturated rings. The summed E-state index contributed by atoms with van der Waals surface area (Å²) >= 11 is 1.29. The Labute approximate surface area is 170 Å². The van der Waals surface area contributed by atoms with Gasteiger partial charge in [-0.15, -0.1) is 11.3 Å². The molecule has 0 saturated carbocycles. The Hall–Kier alpha value is -1.74. The fourth-order valence-electron chi connectivity index (χ4n) is 3.11. The average molecular weight is 423 g/mol. The van der Waals surface area contributed by atoms with E-state index in [0.29, 0.717) is 36.7 Å². The SMILES string of the molecule is CCc1ccc(S(=O)(=O)NCCCC(=O)N2CCOC(c3ccccc3)C2)s1. The minimum Gasteiger partial charge on any atom is -0.370 e. The summed E-state index contributed by atoms with van der Waals surface area (Å²) in [7, 11) is -3.49. The second-order valence-electron chi connectivity index (χ2n) is 6.69. The van der Waals surface area contributed by atoms with Crippen LogP contribution >= 0.6 is 11.3 Å². The number of aryl methyl sites for hydroxylation is 1. The van der Waals surface area contributed by atoms with E-state index < -0.39 is 10.0 Å². The molecule has 6 nitrogen and oxygen atoms in total. The number of rotatable bonds is 8. The third-order valence-electron chi connectivity index (χ3n) is 4.70. The average Bonchev–Trinajstić information content (AvgIpc) is 3.22. The van der Waals surface area contributed by atoms with Crippen molar-refractivity contribution in [2.24, 2.45) is 0 Å². The van der Waals surface area contributed by atoms with Crippen LogP contribution in [0, 0.1) is 0 Å². The Morgan fingerprint density at radius 1 is 1.25 bits per heavy atom. The molecule has 1 saturated heterocycles. The lowest BCUT2D eigenvalue weighted by Crippen LogP contribution is -2.42. The first-order valence-corrected chi connectivity index (χ1v) is 11.8. The number of nitrogens with one attached hydrogen (secondary N) is 1. The molecule has 28 heavy (non-hydrogen) atoms. The molecular weight excluding hydrogens is 396 g/mol. The summed E-state index contributed by atoms with van der Waals surface area (Å²) in [6, 6.07) is 13.4. The van der Waals surface area contributed by atoms with Crippen LogP contribution in [-0.2, 0) is 26.0 Å². The molecule has 0 aliphatic carbocycles. The monoisotopic (exact) mass is 422 g/mol. The van der Waals surface area contributed by atoms with Crippen LogP contribution in [0.2, 0.25) is 0 Å². The summed E-state index contributed by atoms with van der Waals surface area (Å²) in [6.07, 6.45) is 1.49. The largest absolute Gasteiger partial charge is 0.370 e. The number of hydrogen-bond acceptors (Lipinski definition) is 5. The highest BCUT2D eigenvalue weighted by molar-refractivity contribution is 7.91. The standard InChI is InChI=1S/C20H26N2O4S2/c1-2-17-10-11-20(27-17)28(24,25)21-12-6-9-19(23)22-13-14-26-18(15-22)16-7-4-3-5-8-16/h3-5,7-8,10-11,18,21H,2,6,9,12-15H2,1H3. The van der Waals surface area contributed by atoms with E-state index >= 15 is 0 Å². The van der Waals surface area contributed by atoms with Gasteiger partial charge >= 0.3 is 0 Å². The smallest absolute Gasteiger partial charge is 0.250 e. The molecule has 1 aromatic carbocycles. The highest BCUT2D eigenvalue weighted by atomic mass is 32.2. The zero-order valence-corrected chi connectivity index (χ0v) is 17.6. The molecule has 1 aromatic heterocycles. The summed E-state index contributed by atoms with van der Waals surface area (Å²) in [4.78, 5) is 15.4. The molecule has 1 N–H and O–H groups in total. The number of thiophene rings is 1. The summed E-state index contributed by atoms with van der Waals surface area (Å²) in [6.45, 7) is 3.86. The van der Waals surface area contributed by atoms with Gasteiger partial charge in [-0.1, -0.05) is 37.3 Å². The van der Waals surface area contributed by atoms with Crippen molar-refractivity contribution in [3.05, 3.63) is 52.9 Å². The number of nitrogens with zero attached hydrogens (tertiary/aromatic N) is 1. The molecule has 2 heterocycles. The van der Waals surface area contributed by atoms with Gasteiger partial charge in [0.2, 0.25) is 15.9 Å². The van der Waals surface area contributed by atoms with Gasteiger partial charge in [0.1, 0.15) is 10.3 Å². The molecule has 1 unspecified atom stereocenters. The lowest BCUT2D eigenvalue weighted by atomic mass is 10.1. The Morgan fingerprint density at radius 2 is 2.04 bits per heavy atom. The zero-order valence-electron chi connectivity index (χ0n) is 16.0. The number of hydrogen-bond donors (Lipinski definition) is 1. The van der Waals surface area contributed by atoms with Crippen LogP contribution in [0.25, 0.3) is 0 Å². The first-order chi connectivity index (χ1) is 13.5. The molecule has 2 aromatic rings. The van der Waals surface area contributed by atoms with Gasteiger partial charge in [-0.3, -0.25) is 4.79 Å². The number of carbonyl (C=O) groups is 1. The Kier molecular flexibility index (Phi) is 7.23. The molecule has 0 bridgehead atoms. The van der Waals surface area contributed by atoms with E-state index in [1.165, 1.54) is 11.3 Å². The van der Waals surface area contributed by atoms with Gasteiger partial charge < -0.3 is 9.64 Å². The highest BCUT2D eigenvalue weighted by Gasteiger charge is 2.25. The van der Waals surface area contributed by atoms with Crippen molar-refractivity contribution >= 4 is 27.3 Å². The molecule has 152 valence electrons.